The molecule has 0 saturated heterocycles. The Morgan fingerprint density at radius 1 is 0.868 bits per heavy atom. The minimum absolute atomic E-state index is 0.0164. The predicted molar refractivity (Wildman–Crippen MR) is 148 cm³/mol. The second-order valence-electron chi connectivity index (χ2n) is 8.31. The molecular formula is C29H27ClN2O5S. The summed E-state index contributed by atoms with van der Waals surface area (Å²) < 4.78 is 40.4. The molecule has 0 bridgehead atoms. The summed E-state index contributed by atoms with van der Waals surface area (Å²) >= 11 is 6.21. The number of halogens is 1. The molecular weight excluding hydrogens is 524 g/mol. The summed E-state index contributed by atoms with van der Waals surface area (Å²) in [6, 6.07) is 28.0. The third-order valence-corrected chi connectivity index (χ3v) is 7.23. The SMILES string of the molecule is CCOc1ccc(S(=O)(=O)N[C@@H](Cc2ccccc2)C(=O)Nc2cc(Cl)ccc2Oc2ccccc2)cc1. The molecule has 4 aromatic rings. The number of ether oxygens (including phenoxy) is 2. The number of para-hydroxylation sites is 1. The molecule has 38 heavy (non-hydrogen) atoms. The van der Waals surface area contributed by atoms with Crippen molar-refractivity contribution < 1.29 is 22.7 Å². The van der Waals surface area contributed by atoms with Crippen molar-refractivity contribution in [1.29, 1.82) is 0 Å². The van der Waals surface area contributed by atoms with Crippen molar-refractivity contribution in [3.05, 3.63) is 114 Å². The summed E-state index contributed by atoms with van der Waals surface area (Å²) in [4.78, 5) is 13.5. The van der Waals surface area contributed by atoms with Crippen LogP contribution in [0.4, 0.5) is 5.69 Å². The summed E-state index contributed by atoms with van der Waals surface area (Å²) in [7, 11) is -4.04. The van der Waals surface area contributed by atoms with Crippen LogP contribution in [-0.4, -0.2) is 27.0 Å². The van der Waals surface area contributed by atoms with Crippen LogP contribution in [0.1, 0.15) is 12.5 Å². The molecule has 0 aliphatic carbocycles. The lowest BCUT2D eigenvalue weighted by atomic mass is 10.1. The van der Waals surface area contributed by atoms with Crippen LogP contribution in [0.3, 0.4) is 0 Å². The first-order chi connectivity index (χ1) is 18.3. The smallest absolute Gasteiger partial charge is 0.243 e. The lowest BCUT2D eigenvalue weighted by Crippen LogP contribution is -2.45. The molecule has 0 unspecified atom stereocenters. The van der Waals surface area contributed by atoms with E-state index in [9.17, 15) is 13.2 Å². The zero-order valence-corrected chi connectivity index (χ0v) is 22.2. The molecule has 0 fully saturated rings. The van der Waals surface area contributed by atoms with Crippen LogP contribution >= 0.6 is 11.6 Å². The van der Waals surface area contributed by atoms with Crippen molar-refractivity contribution in [2.75, 3.05) is 11.9 Å². The molecule has 4 rings (SSSR count). The molecule has 1 atom stereocenters. The van der Waals surface area contributed by atoms with Gasteiger partial charge in [-0.15, -0.1) is 0 Å². The Morgan fingerprint density at radius 3 is 2.18 bits per heavy atom. The maximum Gasteiger partial charge on any atom is 0.243 e. The first kappa shape index (κ1) is 27.2. The Balaban J connectivity index is 1.60. The minimum atomic E-state index is -4.04. The normalized spacial score (nSPS) is 11.9. The van der Waals surface area contributed by atoms with Crippen LogP contribution in [0.2, 0.25) is 5.02 Å². The third-order valence-electron chi connectivity index (χ3n) is 5.51. The fourth-order valence-corrected chi connectivity index (χ4v) is 5.07. The number of rotatable bonds is 11. The van der Waals surface area contributed by atoms with Crippen LogP contribution < -0.4 is 19.5 Å². The van der Waals surface area contributed by atoms with Gasteiger partial charge in [0.25, 0.3) is 0 Å². The molecule has 0 saturated carbocycles. The Labute approximate surface area is 227 Å². The molecule has 9 heteroatoms. The standard InChI is InChI=1S/C29H27ClN2O5S/c1-2-36-23-14-16-25(17-15-23)38(34,35)32-27(19-21-9-5-3-6-10-21)29(33)31-26-20-22(30)13-18-28(26)37-24-11-7-4-8-12-24/h3-18,20,27,32H,2,19H2,1H3,(H,31,33)/t27-/m0/s1. The van der Waals surface area contributed by atoms with E-state index in [1.165, 1.54) is 12.1 Å². The highest BCUT2D eigenvalue weighted by molar-refractivity contribution is 7.89. The van der Waals surface area contributed by atoms with Gasteiger partial charge in [0.2, 0.25) is 15.9 Å². The lowest BCUT2D eigenvalue weighted by Gasteiger charge is -2.20. The topological polar surface area (TPSA) is 93.7 Å². The van der Waals surface area contributed by atoms with Crippen molar-refractivity contribution in [1.82, 2.24) is 4.72 Å². The highest BCUT2D eigenvalue weighted by Crippen LogP contribution is 2.32. The highest BCUT2D eigenvalue weighted by atomic mass is 35.5. The summed E-state index contributed by atoms with van der Waals surface area (Å²) in [5, 5.41) is 3.18. The van der Waals surface area contributed by atoms with Gasteiger partial charge in [-0.3, -0.25) is 4.79 Å². The van der Waals surface area contributed by atoms with Crippen molar-refractivity contribution in [3.63, 3.8) is 0 Å². The van der Waals surface area contributed by atoms with Gasteiger partial charge in [0.1, 0.15) is 17.5 Å². The average molecular weight is 551 g/mol. The summed E-state index contributed by atoms with van der Waals surface area (Å²) in [5.74, 6) is 0.921. The largest absolute Gasteiger partial charge is 0.494 e. The first-order valence-electron chi connectivity index (χ1n) is 12.0. The fourth-order valence-electron chi connectivity index (χ4n) is 3.70. The van der Waals surface area contributed by atoms with Gasteiger partial charge >= 0.3 is 0 Å². The number of amides is 1. The van der Waals surface area contributed by atoms with Gasteiger partial charge in [0, 0.05) is 5.02 Å². The van der Waals surface area contributed by atoms with E-state index in [-0.39, 0.29) is 11.3 Å². The van der Waals surface area contributed by atoms with E-state index < -0.39 is 22.0 Å². The molecule has 0 aromatic heterocycles. The van der Waals surface area contributed by atoms with Gasteiger partial charge in [-0.25, -0.2) is 8.42 Å². The van der Waals surface area contributed by atoms with E-state index >= 15 is 0 Å². The minimum Gasteiger partial charge on any atom is -0.494 e. The van der Waals surface area contributed by atoms with Crippen molar-refractivity contribution in [3.8, 4) is 17.2 Å². The molecule has 7 nitrogen and oxygen atoms in total. The number of carbonyl (C=O) groups is 1. The zero-order chi connectivity index (χ0) is 27.0. The lowest BCUT2D eigenvalue weighted by molar-refractivity contribution is -0.117. The van der Waals surface area contributed by atoms with Gasteiger partial charge in [0.15, 0.2) is 5.75 Å². The molecule has 0 aliphatic rings. The third kappa shape index (κ3) is 7.35. The Hall–Kier alpha value is -3.85. The summed E-state index contributed by atoms with van der Waals surface area (Å²) in [5.41, 5.74) is 1.10. The molecule has 196 valence electrons. The highest BCUT2D eigenvalue weighted by Gasteiger charge is 2.27. The van der Waals surface area contributed by atoms with Crippen LogP contribution in [0.15, 0.2) is 108 Å². The van der Waals surface area contributed by atoms with Gasteiger partial charge in [-0.1, -0.05) is 60.1 Å². The Kier molecular flexibility index (Phi) is 9.02. The maximum absolute atomic E-state index is 13.5. The van der Waals surface area contributed by atoms with Crippen LogP contribution in [0, 0.1) is 0 Å². The average Bonchev–Trinajstić information content (AvgIpc) is 2.91. The second kappa shape index (κ2) is 12.6. The Bertz CT molecular complexity index is 1460. The quantitative estimate of drug-likeness (QED) is 0.237. The van der Waals surface area contributed by atoms with Gasteiger partial charge in [-0.2, -0.15) is 4.72 Å². The molecule has 1 amide bonds. The maximum atomic E-state index is 13.5. The second-order valence-corrected chi connectivity index (χ2v) is 10.5. The van der Waals surface area contributed by atoms with E-state index in [0.29, 0.717) is 34.6 Å². The van der Waals surface area contributed by atoms with E-state index in [1.807, 2.05) is 55.5 Å². The summed E-state index contributed by atoms with van der Waals surface area (Å²) in [6.07, 6.45) is 0.123. The predicted octanol–water partition coefficient (Wildman–Crippen LogP) is 6.06. The molecule has 0 heterocycles. The molecule has 0 aliphatic heterocycles. The van der Waals surface area contributed by atoms with Gasteiger partial charge < -0.3 is 14.8 Å². The monoisotopic (exact) mass is 550 g/mol. The van der Waals surface area contributed by atoms with E-state index in [1.54, 1.807) is 42.5 Å². The molecule has 2 N–H and O–H groups in total. The van der Waals surface area contributed by atoms with Crippen LogP contribution in [0.5, 0.6) is 17.2 Å². The number of hydrogen-bond donors (Lipinski definition) is 2. The number of hydrogen-bond acceptors (Lipinski definition) is 5. The summed E-state index contributed by atoms with van der Waals surface area (Å²) in [6.45, 7) is 2.30. The number of carbonyl (C=O) groups excluding carboxylic acids is 1. The van der Waals surface area contributed by atoms with Crippen LogP contribution in [0.25, 0.3) is 0 Å². The molecule has 0 radical (unpaired) electrons. The molecule has 0 spiro atoms. The van der Waals surface area contributed by atoms with Crippen molar-refractivity contribution in [2.45, 2.75) is 24.3 Å². The zero-order valence-electron chi connectivity index (χ0n) is 20.6. The van der Waals surface area contributed by atoms with Gasteiger partial charge in [0.05, 0.1) is 17.2 Å². The van der Waals surface area contributed by atoms with Crippen LogP contribution in [-0.2, 0) is 21.2 Å². The van der Waals surface area contributed by atoms with Crippen molar-refractivity contribution >= 4 is 33.2 Å². The molecule has 4 aromatic carbocycles. The number of benzene rings is 4. The van der Waals surface area contributed by atoms with E-state index in [2.05, 4.69) is 10.0 Å². The van der Waals surface area contributed by atoms with E-state index in [0.717, 1.165) is 5.56 Å². The van der Waals surface area contributed by atoms with Crippen molar-refractivity contribution in [2.24, 2.45) is 0 Å². The Morgan fingerprint density at radius 2 is 1.53 bits per heavy atom. The number of sulfonamides is 1. The van der Waals surface area contributed by atoms with Gasteiger partial charge in [-0.05, 0) is 73.5 Å². The number of anilines is 1. The first-order valence-corrected chi connectivity index (χ1v) is 13.8. The van der Waals surface area contributed by atoms with E-state index in [4.69, 9.17) is 21.1 Å². The number of nitrogens with one attached hydrogen (secondary N) is 2. The fraction of sp³-hybridized carbons (Fsp3) is 0.138.